The van der Waals surface area contributed by atoms with E-state index in [9.17, 15) is 9.18 Å². The molecule has 0 unspecified atom stereocenters. The monoisotopic (exact) mass is 354 g/mol. The van der Waals surface area contributed by atoms with Gasteiger partial charge in [0.2, 0.25) is 6.41 Å². The Labute approximate surface area is 152 Å². The molecule has 2 aliphatic rings. The molecule has 4 rings (SSSR count). The molecular formula is C20H23FN4O. The van der Waals surface area contributed by atoms with Gasteiger partial charge in [0.15, 0.2) is 0 Å². The lowest BCUT2D eigenvalue weighted by Crippen LogP contribution is -2.19. The van der Waals surface area contributed by atoms with Crippen LogP contribution >= 0.6 is 0 Å². The molecule has 0 bridgehead atoms. The lowest BCUT2D eigenvalue weighted by atomic mass is 10.0. The molecule has 3 heterocycles. The van der Waals surface area contributed by atoms with Gasteiger partial charge in [-0.15, -0.1) is 0 Å². The van der Waals surface area contributed by atoms with Crippen LogP contribution in [0.4, 0.5) is 10.1 Å². The molecule has 6 heteroatoms. The van der Waals surface area contributed by atoms with Gasteiger partial charge in [-0.25, -0.2) is 4.39 Å². The molecule has 1 amide bonds. The fourth-order valence-electron chi connectivity index (χ4n) is 3.17. The van der Waals surface area contributed by atoms with Gasteiger partial charge in [-0.05, 0) is 48.8 Å². The minimum Gasteiger partial charge on any atom is -0.329 e. The third kappa shape index (κ3) is 4.53. The topological polar surface area (TPSA) is 57.3 Å². The highest BCUT2D eigenvalue weighted by Crippen LogP contribution is 2.22. The van der Waals surface area contributed by atoms with Gasteiger partial charge in [0.1, 0.15) is 5.82 Å². The van der Waals surface area contributed by atoms with E-state index in [1.807, 2.05) is 31.3 Å². The maximum absolute atomic E-state index is 13.0. The average Bonchev–Trinajstić information content (AvgIpc) is 3.06. The number of carbonyl (C=O) groups is 1. The summed E-state index contributed by atoms with van der Waals surface area (Å²) in [4.78, 5) is 16.1. The average molecular weight is 354 g/mol. The zero-order valence-electron chi connectivity index (χ0n) is 14.8. The van der Waals surface area contributed by atoms with Crippen LogP contribution < -0.4 is 10.6 Å². The maximum Gasteiger partial charge on any atom is 0.211 e. The van der Waals surface area contributed by atoms with Crippen LogP contribution in [-0.4, -0.2) is 36.4 Å². The van der Waals surface area contributed by atoms with Crippen LogP contribution in [0.5, 0.6) is 0 Å². The second kappa shape index (κ2) is 8.69. The van der Waals surface area contributed by atoms with Crippen LogP contribution in [0.1, 0.15) is 23.1 Å². The Hall–Kier alpha value is -2.57. The van der Waals surface area contributed by atoms with Crippen molar-refractivity contribution < 1.29 is 9.18 Å². The van der Waals surface area contributed by atoms with Crippen molar-refractivity contribution in [1.29, 1.82) is 0 Å². The minimum atomic E-state index is -0.174. The number of carbonyl (C=O) groups excluding carboxylic acids is 1. The zero-order valence-corrected chi connectivity index (χ0v) is 14.8. The quantitative estimate of drug-likeness (QED) is 0.833. The van der Waals surface area contributed by atoms with Gasteiger partial charge in [0.05, 0.1) is 6.20 Å². The van der Waals surface area contributed by atoms with Gasteiger partial charge in [0, 0.05) is 37.1 Å². The number of hydrogen-bond donors (Lipinski definition) is 2. The van der Waals surface area contributed by atoms with E-state index in [-0.39, 0.29) is 5.82 Å². The summed E-state index contributed by atoms with van der Waals surface area (Å²) in [5.41, 5.74) is 5.29. The van der Waals surface area contributed by atoms with E-state index in [4.69, 9.17) is 0 Å². The second-order valence-electron chi connectivity index (χ2n) is 6.45. The highest BCUT2D eigenvalue weighted by Gasteiger charge is 2.18. The van der Waals surface area contributed by atoms with E-state index >= 15 is 0 Å². The first-order chi connectivity index (χ1) is 12.7. The molecule has 0 saturated carbocycles. The van der Waals surface area contributed by atoms with Gasteiger partial charge in [-0.3, -0.25) is 14.7 Å². The van der Waals surface area contributed by atoms with Crippen LogP contribution in [-0.2, 0) is 17.9 Å². The van der Waals surface area contributed by atoms with Crippen molar-refractivity contribution in [2.24, 2.45) is 0 Å². The number of hydrogen-bond acceptors (Lipinski definition) is 4. The van der Waals surface area contributed by atoms with Crippen molar-refractivity contribution in [3.05, 3.63) is 65.2 Å². The highest BCUT2D eigenvalue weighted by atomic mass is 19.1. The molecule has 5 nitrogen and oxygen atoms in total. The number of amides is 1. The number of pyridine rings is 1. The van der Waals surface area contributed by atoms with Crippen LogP contribution in [0, 0.1) is 5.82 Å². The number of benzene rings is 1. The third-order valence-corrected chi connectivity index (χ3v) is 4.51. The molecule has 1 aromatic carbocycles. The lowest BCUT2D eigenvalue weighted by molar-refractivity contribution is -0.105. The molecule has 136 valence electrons. The molecule has 0 radical (unpaired) electrons. The summed E-state index contributed by atoms with van der Waals surface area (Å²) in [5.74, 6) is -0.174. The van der Waals surface area contributed by atoms with Crippen LogP contribution in [0.25, 0.3) is 5.57 Å². The molecule has 0 aliphatic carbocycles. The number of anilines is 1. The summed E-state index contributed by atoms with van der Waals surface area (Å²) in [7, 11) is 1.97. The van der Waals surface area contributed by atoms with E-state index in [2.05, 4.69) is 26.6 Å². The standard InChI is InChI=1S/C12H14N2O.C8H9FN2/c15-9-14-12-3-1-10(2-4-12)11-5-7-13-8-6-11;1-11-4-6-2-10-3-8(9)7(6)5-11/h1-5,9,13H,6-8H2,(H,14,15);2-3H,4-5H2,1H3. The van der Waals surface area contributed by atoms with Crippen molar-refractivity contribution in [3.8, 4) is 0 Å². The Kier molecular flexibility index (Phi) is 6.09. The molecule has 2 aliphatic heterocycles. The number of nitrogens with zero attached hydrogens (tertiary/aromatic N) is 2. The third-order valence-electron chi connectivity index (χ3n) is 4.51. The molecule has 26 heavy (non-hydrogen) atoms. The second-order valence-corrected chi connectivity index (χ2v) is 6.45. The van der Waals surface area contributed by atoms with Crippen LogP contribution in [0.15, 0.2) is 42.7 Å². The highest BCUT2D eigenvalue weighted by molar-refractivity contribution is 5.73. The first kappa shape index (κ1) is 18.2. The number of fused-ring (bicyclic) bond motifs is 1. The van der Waals surface area contributed by atoms with E-state index in [1.54, 1.807) is 6.20 Å². The maximum atomic E-state index is 13.0. The van der Waals surface area contributed by atoms with Crippen LogP contribution in [0.3, 0.4) is 0 Å². The van der Waals surface area contributed by atoms with E-state index in [1.165, 1.54) is 17.3 Å². The molecule has 0 saturated heterocycles. The number of halogens is 1. The largest absolute Gasteiger partial charge is 0.329 e. The van der Waals surface area contributed by atoms with Gasteiger partial charge in [-0.1, -0.05) is 18.2 Å². The van der Waals surface area contributed by atoms with Gasteiger partial charge >= 0.3 is 0 Å². The van der Waals surface area contributed by atoms with Gasteiger partial charge in [-0.2, -0.15) is 0 Å². The Morgan fingerprint density at radius 1 is 1.23 bits per heavy atom. The van der Waals surface area contributed by atoms with Crippen molar-refractivity contribution >= 4 is 17.7 Å². The smallest absolute Gasteiger partial charge is 0.211 e. The zero-order chi connectivity index (χ0) is 18.4. The Morgan fingerprint density at radius 2 is 2.04 bits per heavy atom. The summed E-state index contributed by atoms with van der Waals surface area (Å²) < 4.78 is 13.0. The molecule has 0 spiro atoms. The van der Waals surface area contributed by atoms with Crippen LogP contribution in [0.2, 0.25) is 0 Å². The summed E-state index contributed by atoms with van der Waals surface area (Å²) in [6.45, 7) is 3.52. The van der Waals surface area contributed by atoms with Crippen molar-refractivity contribution in [2.75, 3.05) is 25.5 Å². The molecule has 0 atom stereocenters. The summed E-state index contributed by atoms with van der Waals surface area (Å²) >= 11 is 0. The normalized spacial score (nSPS) is 16.2. The lowest BCUT2D eigenvalue weighted by Gasteiger charge is -2.14. The fraction of sp³-hybridized carbons (Fsp3) is 0.300. The predicted molar refractivity (Wildman–Crippen MR) is 101 cm³/mol. The number of aromatic nitrogens is 1. The SMILES string of the molecule is CN1Cc2cncc(F)c2C1.O=CNc1ccc(C2=CCNCC2)cc1. The first-order valence-corrected chi connectivity index (χ1v) is 8.67. The summed E-state index contributed by atoms with van der Waals surface area (Å²) in [6, 6.07) is 7.94. The predicted octanol–water partition coefficient (Wildman–Crippen LogP) is 2.80. The Bertz CT molecular complexity index is 789. The number of rotatable bonds is 3. The Balaban J connectivity index is 0.000000158. The van der Waals surface area contributed by atoms with Gasteiger partial charge in [0.25, 0.3) is 0 Å². The van der Waals surface area contributed by atoms with E-state index in [0.29, 0.717) is 13.0 Å². The van der Waals surface area contributed by atoms with Crippen molar-refractivity contribution in [3.63, 3.8) is 0 Å². The van der Waals surface area contributed by atoms with E-state index < -0.39 is 0 Å². The molecular weight excluding hydrogens is 331 g/mol. The van der Waals surface area contributed by atoms with Crippen molar-refractivity contribution in [1.82, 2.24) is 15.2 Å². The minimum absolute atomic E-state index is 0.174. The molecule has 2 N–H and O–H groups in total. The van der Waals surface area contributed by atoms with Gasteiger partial charge < -0.3 is 10.6 Å². The molecule has 2 aromatic rings. The number of nitrogens with one attached hydrogen (secondary N) is 2. The van der Waals surface area contributed by atoms with E-state index in [0.717, 1.165) is 42.9 Å². The molecule has 0 fully saturated rings. The van der Waals surface area contributed by atoms with Crippen molar-refractivity contribution in [2.45, 2.75) is 19.5 Å². The summed E-state index contributed by atoms with van der Waals surface area (Å²) in [5, 5.41) is 5.91. The first-order valence-electron chi connectivity index (χ1n) is 8.67. The Morgan fingerprint density at radius 3 is 2.69 bits per heavy atom. The molecule has 1 aromatic heterocycles. The fourth-order valence-corrected chi connectivity index (χ4v) is 3.17. The summed E-state index contributed by atoms with van der Waals surface area (Å²) in [6.07, 6.45) is 6.99.